The van der Waals surface area contributed by atoms with Gasteiger partial charge in [-0.3, -0.25) is 9.69 Å². The third-order valence-electron chi connectivity index (χ3n) is 6.54. The van der Waals surface area contributed by atoms with Crippen molar-refractivity contribution in [3.05, 3.63) is 18.2 Å². The molecule has 0 radical (unpaired) electrons. The van der Waals surface area contributed by atoms with E-state index in [1.807, 2.05) is 12.5 Å². The summed E-state index contributed by atoms with van der Waals surface area (Å²) in [5.41, 5.74) is 1.25. The zero-order valence-electron chi connectivity index (χ0n) is 17.2. The number of fused-ring (bicyclic) bond motifs is 1. The van der Waals surface area contributed by atoms with Crippen molar-refractivity contribution in [1.29, 1.82) is 0 Å². The number of ether oxygens (including phenoxy) is 2. The van der Waals surface area contributed by atoms with E-state index in [1.54, 1.807) is 14.0 Å². The number of hydrogen-bond acceptors (Lipinski definition) is 5. The normalized spacial score (nSPS) is 30.4. The summed E-state index contributed by atoms with van der Waals surface area (Å²) in [6.07, 6.45) is 8.71. The molecule has 0 unspecified atom stereocenters. The van der Waals surface area contributed by atoms with E-state index in [0.717, 1.165) is 51.5 Å². The van der Waals surface area contributed by atoms with Crippen LogP contribution in [0, 0.1) is 17.8 Å². The predicted molar refractivity (Wildman–Crippen MR) is 106 cm³/mol. The van der Waals surface area contributed by atoms with Gasteiger partial charge in [0.15, 0.2) is 0 Å². The number of hydrogen-bond donors (Lipinski definition) is 1. The van der Waals surface area contributed by atoms with Crippen molar-refractivity contribution in [2.45, 2.75) is 57.8 Å². The molecule has 1 N–H and O–H groups in total. The zero-order chi connectivity index (χ0) is 19.5. The first-order valence-electron chi connectivity index (χ1n) is 10.7. The van der Waals surface area contributed by atoms with E-state index < -0.39 is 0 Å². The van der Waals surface area contributed by atoms with E-state index in [0.29, 0.717) is 18.4 Å². The summed E-state index contributed by atoms with van der Waals surface area (Å²) in [7, 11) is 1.73. The molecule has 7 heteroatoms. The van der Waals surface area contributed by atoms with E-state index in [4.69, 9.17) is 9.47 Å². The number of likely N-dealkylation sites (tertiary alicyclic amines) is 1. The van der Waals surface area contributed by atoms with Crippen LogP contribution in [-0.2, 0) is 27.4 Å². The second-order valence-electron chi connectivity index (χ2n) is 8.88. The molecule has 1 aliphatic heterocycles. The average Bonchev–Trinajstić information content (AvgIpc) is 3.26. The summed E-state index contributed by atoms with van der Waals surface area (Å²) in [6.45, 7) is 7.14. The van der Waals surface area contributed by atoms with E-state index in [1.165, 1.54) is 18.5 Å². The Morgan fingerprint density at radius 3 is 2.79 bits per heavy atom. The molecule has 7 nitrogen and oxygen atoms in total. The van der Waals surface area contributed by atoms with Crippen LogP contribution < -0.4 is 5.32 Å². The molecule has 0 spiro atoms. The second kappa shape index (κ2) is 8.93. The molecule has 2 saturated carbocycles. The van der Waals surface area contributed by atoms with Crippen LogP contribution in [0.4, 0.5) is 0 Å². The highest BCUT2D eigenvalue weighted by molar-refractivity contribution is 5.73. The zero-order valence-corrected chi connectivity index (χ0v) is 17.2. The van der Waals surface area contributed by atoms with Crippen LogP contribution in [-0.4, -0.2) is 65.9 Å². The van der Waals surface area contributed by atoms with Crippen LogP contribution in [0.5, 0.6) is 0 Å². The van der Waals surface area contributed by atoms with Gasteiger partial charge in [0.2, 0.25) is 5.91 Å². The van der Waals surface area contributed by atoms with E-state index >= 15 is 0 Å². The Bertz CT molecular complexity index is 660. The Hall–Kier alpha value is -1.44. The van der Waals surface area contributed by atoms with Crippen molar-refractivity contribution in [2.24, 2.45) is 17.8 Å². The van der Waals surface area contributed by atoms with Crippen LogP contribution >= 0.6 is 0 Å². The van der Waals surface area contributed by atoms with Gasteiger partial charge < -0.3 is 19.4 Å². The molecular weight excluding hydrogens is 356 g/mol. The number of carbonyl (C=O) groups excluding carboxylic acids is 1. The number of amides is 1. The van der Waals surface area contributed by atoms with Gasteiger partial charge >= 0.3 is 0 Å². The Morgan fingerprint density at radius 1 is 1.29 bits per heavy atom. The molecule has 4 rings (SSSR count). The van der Waals surface area contributed by atoms with Gasteiger partial charge in [0, 0.05) is 53.0 Å². The van der Waals surface area contributed by atoms with Gasteiger partial charge in [-0.2, -0.15) is 0 Å². The fourth-order valence-electron chi connectivity index (χ4n) is 4.88. The number of carbonyl (C=O) groups is 1. The number of nitrogens with zero attached hydrogens (tertiary/aromatic N) is 3. The first-order chi connectivity index (χ1) is 13.6. The molecular formula is C21H34N4O3. The molecule has 28 heavy (non-hydrogen) atoms. The summed E-state index contributed by atoms with van der Waals surface area (Å²) in [5, 5.41) is 3.17. The molecule has 3 aliphatic rings. The lowest BCUT2D eigenvalue weighted by molar-refractivity contribution is -0.122. The Labute approximate surface area is 167 Å². The van der Waals surface area contributed by atoms with Gasteiger partial charge in [0.05, 0.1) is 30.8 Å². The van der Waals surface area contributed by atoms with Gasteiger partial charge in [-0.15, -0.1) is 0 Å². The fraction of sp³-hybridized carbons (Fsp3) is 0.810. The van der Waals surface area contributed by atoms with Gasteiger partial charge in [0.25, 0.3) is 0 Å². The number of methoxy groups -OCH3 is 1. The lowest BCUT2D eigenvalue weighted by Crippen LogP contribution is -2.50. The molecule has 1 aromatic heterocycles. The van der Waals surface area contributed by atoms with Crippen LogP contribution in [0.3, 0.4) is 0 Å². The molecule has 0 aromatic carbocycles. The molecule has 1 saturated heterocycles. The van der Waals surface area contributed by atoms with Crippen molar-refractivity contribution in [3.63, 3.8) is 0 Å². The molecule has 1 amide bonds. The molecule has 2 aliphatic carbocycles. The third-order valence-corrected chi connectivity index (χ3v) is 6.54. The highest BCUT2D eigenvalue weighted by atomic mass is 16.5. The second-order valence-corrected chi connectivity index (χ2v) is 8.88. The molecule has 1 aromatic rings. The average molecular weight is 391 g/mol. The topological polar surface area (TPSA) is 68.6 Å². The quantitative estimate of drug-likeness (QED) is 0.695. The third kappa shape index (κ3) is 4.93. The number of aromatic nitrogens is 2. The van der Waals surface area contributed by atoms with Crippen molar-refractivity contribution in [3.8, 4) is 0 Å². The summed E-state index contributed by atoms with van der Waals surface area (Å²) in [6, 6.07) is 0.157. The number of nitrogens with one attached hydrogen (secondary N) is 1. The first-order valence-corrected chi connectivity index (χ1v) is 10.7. The molecule has 2 heterocycles. The maximum absolute atomic E-state index is 11.7. The van der Waals surface area contributed by atoms with Crippen molar-refractivity contribution >= 4 is 5.91 Å². The van der Waals surface area contributed by atoms with Crippen molar-refractivity contribution in [1.82, 2.24) is 19.8 Å². The maximum Gasteiger partial charge on any atom is 0.217 e. The molecule has 3 fully saturated rings. The Balaban J connectivity index is 1.35. The smallest absolute Gasteiger partial charge is 0.217 e. The van der Waals surface area contributed by atoms with Crippen LogP contribution in [0.25, 0.3) is 0 Å². The minimum Gasteiger partial charge on any atom is -0.383 e. The Kier molecular flexibility index (Phi) is 6.33. The monoisotopic (exact) mass is 390 g/mol. The molecule has 0 bridgehead atoms. The lowest BCUT2D eigenvalue weighted by Gasteiger charge is -2.38. The summed E-state index contributed by atoms with van der Waals surface area (Å²) in [5.74, 6) is 2.10. The van der Waals surface area contributed by atoms with Crippen molar-refractivity contribution < 1.29 is 14.3 Å². The van der Waals surface area contributed by atoms with Gasteiger partial charge in [-0.05, 0) is 43.4 Å². The van der Waals surface area contributed by atoms with E-state index in [9.17, 15) is 4.79 Å². The van der Waals surface area contributed by atoms with Crippen LogP contribution in [0.15, 0.2) is 12.5 Å². The summed E-state index contributed by atoms with van der Waals surface area (Å²) in [4.78, 5) is 18.6. The first kappa shape index (κ1) is 19.9. The van der Waals surface area contributed by atoms with Crippen molar-refractivity contribution in [2.75, 3.05) is 33.4 Å². The fourth-order valence-corrected chi connectivity index (χ4v) is 4.88. The number of imidazole rings is 1. The minimum absolute atomic E-state index is 0.0559. The standard InChI is InChI=1S/C21H34N4O3/c1-15(26)23-20-7-17-10-24(12-19-9-22-14-25(19)5-6-27-2)11-18(17)8-21(20)28-13-16-3-4-16/h9,14,16-18,20-21H,3-8,10-13H2,1-2H3,(H,23,26)/t17-,18+,20-,21-/m1/s1. The summed E-state index contributed by atoms with van der Waals surface area (Å²) >= 11 is 0. The molecule has 4 atom stereocenters. The predicted octanol–water partition coefficient (Wildman–Crippen LogP) is 1.67. The summed E-state index contributed by atoms with van der Waals surface area (Å²) < 4.78 is 13.7. The van der Waals surface area contributed by atoms with Crippen LogP contribution in [0.2, 0.25) is 0 Å². The minimum atomic E-state index is 0.0559. The van der Waals surface area contributed by atoms with E-state index in [2.05, 4.69) is 19.8 Å². The van der Waals surface area contributed by atoms with E-state index in [-0.39, 0.29) is 18.1 Å². The van der Waals surface area contributed by atoms with Gasteiger partial charge in [0.1, 0.15) is 0 Å². The van der Waals surface area contributed by atoms with Crippen LogP contribution in [0.1, 0.15) is 38.3 Å². The molecule has 156 valence electrons. The largest absolute Gasteiger partial charge is 0.383 e. The number of rotatable bonds is 9. The van der Waals surface area contributed by atoms with Gasteiger partial charge in [-0.1, -0.05) is 0 Å². The SMILES string of the molecule is COCCn1cncc1CN1C[C@H]2C[C@@H](NC(C)=O)[C@H](OCC3CC3)C[C@H]2C1. The lowest BCUT2D eigenvalue weighted by atomic mass is 9.77. The Morgan fingerprint density at radius 2 is 2.07 bits per heavy atom. The highest BCUT2D eigenvalue weighted by Crippen LogP contribution is 2.39. The highest BCUT2D eigenvalue weighted by Gasteiger charge is 2.43. The maximum atomic E-state index is 11.7. The van der Waals surface area contributed by atoms with Gasteiger partial charge in [-0.25, -0.2) is 4.98 Å².